The van der Waals surface area contributed by atoms with Crippen LogP contribution in [-0.2, 0) is 6.54 Å². The van der Waals surface area contributed by atoms with Gasteiger partial charge in [-0.1, -0.05) is 42.7 Å². The third-order valence-corrected chi connectivity index (χ3v) is 3.72. The van der Waals surface area contributed by atoms with E-state index in [1.54, 1.807) is 12.1 Å². The highest BCUT2D eigenvalue weighted by molar-refractivity contribution is 6.31. The molecule has 0 heterocycles. The molecule has 0 aromatic heterocycles. The second-order valence-corrected chi connectivity index (χ2v) is 5.31. The van der Waals surface area contributed by atoms with Crippen molar-refractivity contribution in [2.24, 2.45) is 10.9 Å². The molecular formula is C15H25ClN4O. The molecule has 0 aliphatic heterocycles. The first-order chi connectivity index (χ1) is 10.1. The Morgan fingerprint density at radius 3 is 2.71 bits per heavy atom. The summed E-state index contributed by atoms with van der Waals surface area (Å²) in [6.07, 6.45) is 1.18. The number of benzene rings is 1. The normalized spacial score (nSPS) is 12.1. The van der Waals surface area contributed by atoms with Crippen LogP contribution < -0.4 is 11.1 Å². The molecule has 1 rings (SSSR count). The second-order valence-electron chi connectivity index (χ2n) is 4.90. The second kappa shape index (κ2) is 9.60. The molecule has 0 aliphatic rings. The van der Waals surface area contributed by atoms with Gasteiger partial charge in [-0.2, -0.15) is 0 Å². The fourth-order valence-electron chi connectivity index (χ4n) is 2.11. The number of rotatable bonds is 9. The van der Waals surface area contributed by atoms with E-state index >= 15 is 0 Å². The molecule has 4 N–H and O–H groups in total. The van der Waals surface area contributed by atoms with Crippen LogP contribution in [0, 0.1) is 0 Å². The Morgan fingerprint density at radius 1 is 1.38 bits per heavy atom. The highest BCUT2D eigenvalue weighted by atomic mass is 35.5. The minimum atomic E-state index is 0.0644. The Kier molecular flexibility index (Phi) is 8.12. The Labute approximate surface area is 131 Å². The number of hydrogen-bond acceptors (Lipinski definition) is 4. The summed E-state index contributed by atoms with van der Waals surface area (Å²) in [6.45, 7) is 9.24. The number of nitrogens with zero attached hydrogens (tertiary/aromatic N) is 2. The Bertz CT molecular complexity index is 465. The van der Waals surface area contributed by atoms with E-state index in [1.165, 1.54) is 6.42 Å². The van der Waals surface area contributed by atoms with Gasteiger partial charge in [0.05, 0.1) is 0 Å². The van der Waals surface area contributed by atoms with Crippen molar-refractivity contribution in [3.05, 3.63) is 34.3 Å². The van der Waals surface area contributed by atoms with Gasteiger partial charge in [0.25, 0.3) is 0 Å². The van der Waals surface area contributed by atoms with E-state index < -0.39 is 0 Å². The molecule has 0 fully saturated rings. The molecule has 0 saturated carbocycles. The largest absolute Gasteiger partial charge is 0.409 e. The van der Waals surface area contributed by atoms with Crippen molar-refractivity contribution in [3.63, 3.8) is 0 Å². The zero-order chi connectivity index (χ0) is 15.7. The van der Waals surface area contributed by atoms with Crippen molar-refractivity contribution >= 4 is 17.4 Å². The average molecular weight is 313 g/mol. The smallest absolute Gasteiger partial charge is 0.170 e. The molecule has 0 aliphatic carbocycles. The predicted molar refractivity (Wildman–Crippen MR) is 88.1 cm³/mol. The average Bonchev–Trinajstić information content (AvgIpc) is 2.50. The SMILES string of the molecule is CCCN(CC)CCNCc1ccc(/C(N)=N/O)cc1Cl. The van der Waals surface area contributed by atoms with Gasteiger partial charge in [0, 0.05) is 30.2 Å². The first-order valence-corrected chi connectivity index (χ1v) is 7.69. The molecule has 118 valence electrons. The van der Waals surface area contributed by atoms with Gasteiger partial charge in [-0.3, -0.25) is 0 Å². The van der Waals surface area contributed by atoms with Gasteiger partial charge in [0.2, 0.25) is 0 Å². The molecule has 0 radical (unpaired) electrons. The lowest BCUT2D eigenvalue weighted by molar-refractivity contribution is 0.287. The van der Waals surface area contributed by atoms with Gasteiger partial charge >= 0.3 is 0 Å². The first kappa shape index (κ1) is 17.8. The fourth-order valence-corrected chi connectivity index (χ4v) is 2.36. The minimum Gasteiger partial charge on any atom is -0.409 e. The van der Waals surface area contributed by atoms with Crippen molar-refractivity contribution in [2.45, 2.75) is 26.8 Å². The number of oxime groups is 1. The Balaban J connectivity index is 2.46. The van der Waals surface area contributed by atoms with E-state index in [1.807, 2.05) is 6.07 Å². The zero-order valence-electron chi connectivity index (χ0n) is 12.8. The van der Waals surface area contributed by atoms with Crippen molar-refractivity contribution in [2.75, 3.05) is 26.2 Å². The quantitative estimate of drug-likeness (QED) is 0.215. The van der Waals surface area contributed by atoms with Gasteiger partial charge in [-0.15, -0.1) is 0 Å². The molecule has 21 heavy (non-hydrogen) atoms. The third-order valence-electron chi connectivity index (χ3n) is 3.36. The minimum absolute atomic E-state index is 0.0644. The standard InChI is InChI=1S/C15H25ClN4O/c1-3-8-20(4-2)9-7-18-11-13-6-5-12(10-14(13)16)15(17)19-21/h5-6,10,18,21H,3-4,7-9,11H2,1-2H3,(H2,17,19). The number of nitrogens with one attached hydrogen (secondary N) is 1. The van der Waals surface area contributed by atoms with E-state index in [0.717, 1.165) is 31.7 Å². The van der Waals surface area contributed by atoms with Crippen LogP contribution in [0.2, 0.25) is 5.02 Å². The number of hydrogen-bond donors (Lipinski definition) is 3. The van der Waals surface area contributed by atoms with Gasteiger partial charge < -0.3 is 21.2 Å². The number of halogens is 1. The monoisotopic (exact) mass is 312 g/mol. The summed E-state index contributed by atoms with van der Waals surface area (Å²) in [5, 5.41) is 15.6. The number of likely N-dealkylation sites (N-methyl/N-ethyl adjacent to an activating group) is 1. The predicted octanol–water partition coefficient (Wildman–Crippen LogP) is 2.26. The molecular weight excluding hydrogens is 288 g/mol. The van der Waals surface area contributed by atoms with Gasteiger partial charge in [-0.05, 0) is 31.1 Å². The topological polar surface area (TPSA) is 73.9 Å². The van der Waals surface area contributed by atoms with Gasteiger partial charge in [0.15, 0.2) is 5.84 Å². The Morgan fingerprint density at radius 2 is 2.14 bits per heavy atom. The number of nitrogens with two attached hydrogens (primary N) is 1. The summed E-state index contributed by atoms with van der Waals surface area (Å²) >= 11 is 6.21. The molecule has 0 saturated heterocycles. The molecule has 6 heteroatoms. The summed E-state index contributed by atoms with van der Waals surface area (Å²) in [7, 11) is 0. The highest BCUT2D eigenvalue weighted by Gasteiger charge is 2.05. The van der Waals surface area contributed by atoms with Crippen LogP contribution >= 0.6 is 11.6 Å². The van der Waals surface area contributed by atoms with Gasteiger partial charge in [-0.25, -0.2) is 0 Å². The zero-order valence-corrected chi connectivity index (χ0v) is 13.5. The molecule has 1 aromatic carbocycles. The van der Waals surface area contributed by atoms with E-state index in [9.17, 15) is 0 Å². The van der Waals surface area contributed by atoms with Crippen LogP contribution in [0.3, 0.4) is 0 Å². The van der Waals surface area contributed by atoms with Crippen LogP contribution in [0.15, 0.2) is 23.4 Å². The van der Waals surface area contributed by atoms with Crippen LogP contribution in [0.1, 0.15) is 31.4 Å². The maximum atomic E-state index is 8.64. The fraction of sp³-hybridized carbons (Fsp3) is 0.533. The van der Waals surface area contributed by atoms with E-state index in [4.69, 9.17) is 22.5 Å². The maximum Gasteiger partial charge on any atom is 0.170 e. The maximum absolute atomic E-state index is 8.64. The molecule has 0 atom stereocenters. The van der Waals surface area contributed by atoms with Crippen LogP contribution in [0.5, 0.6) is 0 Å². The summed E-state index contributed by atoms with van der Waals surface area (Å²) < 4.78 is 0. The first-order valence-electron chi connectivity index (χ1n) is 7.31. The van der Waals surface area contributed by atoms with Crippen molar-refractivity contribution < 1.29 is 5.21 Å². The van der Waals surface area contributed by atoms with Crippen molar-refractivity contribution in [1.29, 1.82) is 0 Å². The summed E-state index contributed by atoms with van der Waals surface area (Å²) in [4.78, 5) is 2.41. The summed E-state index contributed by atoms with van der Waals surface area (Å²) in [6, 6.07) is 5.41. The summed E-state index contributed by atoms with van der Waals surface area (Å²) in [5.74, 6) is 0.0644. The molecule has 0 spiro atoms. The van der Waals surface area contributed by atoms with Crippen LogP contribution in [-0.4, -0.2) is 42.1 Å². The third kappa shape index (κ3) is 5.91. The van der Waals surface area contributed by atoms with Gasteiger partial charge in [0.1, 0.15) is 0 Å². The van der Waals surface area contributed by atoms with E-state index in [2.05, 4.69) is 29.2 Å². The molecule has 0 bridgehead atoms. The van der Waals surface area contributed by atoms with Crippen molar-refractivity contribution in [1.82, 2.24) is 10.2 Å². The lowest BCUT2D eigenvalue weighted by atomic mass is 10.1. The molecule has 1 aromatic rings. The molecule has 5 nitrogen and oxygen atoms in total. The van der Waals surface area contributed by atoms with E-state index in [0.29, 0.717) is 17.1 Å². The Hall–Kier alpha value is -1.30. The molecule has 0 unspecified atom stereocenters. The lowest BCUT2D eigenvalue weighted by Gasteiger charge is -2.19. The summed E-state index contributed by atoms with van der Waals surface area (Å²) in [5.41, 5.74) is 7.15. The molecule has 0 amide bonds. The number of amidine groups is 1. The van der Waals surface area contributed by atoms with Crippen LogP contribution in [0.25, 0.3) is 0 Å². The highest BCUT2D eigenvalue weighted by Crippen LogP contribution is 2.17. The lowest BCUT2D eigenvalue weighted by Crippen LogP contribution is -2.32. The van der Waals surface area contributed by atoms with Crippen molar-refractivity contribution in [3.8, 4) is 0 Å². The van der Waals surface area contributed by atoms with Crippen LogP contribution in [0.4, 0.5) is 0 Å². The van der Waals surface area contributed by atoms with E-state index in [-0.39, 0.29) is 5.84 Å².